The highest BCUT2D eigenvalue weighted by Crippen LogP contribution is 2.56. The number of ether oxygens (including phenoxy) is 2. The average molecular weight is 940 g/mol. The number of hydrogen-bond acceptors (Lipinski definition) is 5. The molecule has 0 radical (unpaired) electrons. The van der Waals surface area contributed by atoms with Gasteiger partial charge in [-0.25, -0.2) is 4.98 Å². The molecule has 69 heavy (non-hydrogen) atoms. The predicted molar refractivity (Wildman–Crippen MR) is 296 cm³/mol. The molecule has 0 aliphatic heterocycles. The number of nitrogens with zero attached hydrogens (tertiary/aromatic N) is 2. The Kier molecular flexibility index (Phi) is 19.6. The fraction of sp³-hybridized carbons (Fsp3) is 0.365. The summed E-state index contributed by atoms with van der Waals surface area (Å²) in [4.78, 5) is 19.9. The van der Waals surface area contributed by atoms with Crippen LogP contribution in [0.5, 0.6) is 5.88 Å². The van der Waals surface area contributed by atoms with Crippen molar-refractivity contribution in [3.8, 4) is 5.88 Å². The zero-order valence-electron chi connectivity index (χ0n) is 42.0. The summed E-state index contributed by atoms with van der Waals surface area (Å²) >= 11 is 0. The zero-order chi connectivity index (χ0) is 48.3. The third-order valence-corrected chi connectivity index (χ3v) is 18.6. The highest BCUT2D eigenvalue weighted by molar-refractivity contribution is 7.95. The van der Waals surface area contributed by atoms with Crippen molar-refractivity contribution in [2.24, 2.45) is 0 Å². The lowest BCUT2D eigenvalue weighted by Gasteiger charge is -2.31. The Labute approximate surface area is 414 Å². The van der Waals surface area contributed by atoms with E-state index in [1.807, 2.05) is 0 Å². The van der Waals surface area contributed by atoms with Gasteiger partial charge in [0.15, 0.2) is 0 Å². The highest BCUT2D eigenvalue weighted by atomic mass is 31.2. The van der Waals surface area contributed by atoms with Gasteiger partial charge in [-0.05, 0) is 155 Å². The highest BCUT2D eigenvalue weighted by Gasteiger charge is 2.44. The lowest BCUT2D eigenvalue weighted by atomic mass is 9.74. The van der Waals surface area contributed by atoms with Crippen LogP contribution in [0.1, 0.15) is 119 Å². The number of aryl methyl sites for hydroxylation is 1. The number of benzene rings is 6. The maximum Gasteiger partial charge on any atom is 0.305 e. The molecule has 0 aliphatic rings. The SMILES string of the molecule is C=C(C)[C@H](c1cc2cc(CCCCOC(=O)CCCCCCCCCCC[P+](c3ccccc3)(c3ccccc3)c3ccccc3)ccc2nc1OC)C(CCN(C)C)c1cccc2ccccc12. The first-order valence-electron chi connectivity index (χ1n) is 25.7. The quantitative estimate of drug-likeness (QED) is 0.0212. The van der Waals surface area contributed by atoms with E-state index in [0.29, 0.717) is 18.9 Å². The number of unbranched alkanes of at least 4 members (excludes halogenated alkanes) is 9. The molecule has 6 aromatic carbocycles. The van der Waals surface area contributed by atoms with Crippen molar-refractivity contribution in [2.45, 2.75) is 109 Å². The largest absolute Gasteiger partial charge is 0.481 e. The van der Waals surface area contributed by atoms with Gasteiger partial charge in [0.1, 0.15) is 23.2 Å². The number of carbonyl (C=O) groups is 1. The maximum atomic E-state index is 12.6. The molecule has 0 saturated heterocycles. The van der Waals surface area contributed by atoms with Gasteiger partial charge in [0.25, 0.3) is 0 Å². The monoisotopic (exact) mass is 940 g/mol. The second kappa shape index (κ2) is 26.4. The van der Waals surface area contributed by atoms with Crippen molar-refractivity contribution < 1.29 is 14.3 Å². The number of methoxy groups -OCH3 is 1. The van der Waals surface area contributed by atoms with E-state index >= 15 is 0 Å². The molecular weight excluding hydrogens is 864 g/mol. The van der Waals surface area contributed by atoms with Crippen molar-refractivity contribution in [3.05, 3.63) is 187 Å². The number of allylic oxidation sites excluding steroid dienone is 1. The molecule has 0 fully saturated rings. The standard InChI is InChI=1S/C63H76N2O3P/c1-49(2)62(58(43-44-65(3)4)57-39-28-31-51-30-23-24-38-56(51)57)59-48-52-47-50(41-42-60(52)64-63(59)67-5)29-25-26-45-68-61(66)40-22-11-9-7-6-8-10-12-27-46-69(53-32-16-13-17-33-53,54-34-18-14-19-35-54)55-36-20-15-21-37-55/h13-21,23-24,28,30-39,41-42,47-48,58,62H,1,6-12,22,25-27,29,40,43-46H2,2-5H3/q+1/t58?,62-/m0/s1. The van der Waals surface area contributed by atoms with Gasteiger partial charge in [-0.1, -0.05) is 154 Å². The van der Waals surface area contributed by atoms with Crippen LogP contribution in [0, 0.1) is 0 Å². The third kappa shape index (κ3) is 13.8. The molecule has 1 heterocycles. The van der Waals surface area contributed by atoms with Crippen LogP contribution in [-0.4, -0.2) is 56.4 Å². The van der Waals surface area contributed by atoms with E-state index in [1.165, 1.54) is 88.9 Å². The smallest absolute Gasteiger partial charge is 0.305 e. The van der Waals surface area contributed by atoms with Gasteiger partial charge in [-0.3, -0.25) is 4.79 Å². The van der Waals surface area contributed by atoms with Crippen LogP contribution in [0.4, 0.5) is 0 Å². The van der Waals surface area contributed by atoms with Crippen LogP contribution in [0.25, 0.3) is 21.7 Å². The molecule has 360 valence electrons. The van der Waals surface area contributed by atoms with Crippen molar-refractivity contribution in [3.63, 3.8) is 0 Å². The Morgan fingerprint density at radius 1 is 0.623 bits per heavy atom. The maximum absolute atomic E-state index is 12.6. The van der Waals surface area contributed by atoms with Crippen molar-refractivity contribution in [2.75, 3.05) is 40.5 Å². The van der Waals surface area contributed by atoms with E-state index in [0.717, 1.165) is 67.1 Å². The molecule has 7 rings (SSSR count). The van der Waals surface area contributed by atoms with Crippen LogP contribution in [0.3, 0.4) is 0 Å². The summed E-state index contributed by atoms with van der Waals surface area (Å²) in [7, 11) is 4.26. The molecule has 7 aromatic rings. The first kappa shape index (κ1) is 51.2. The molecule has 0 saturated carbocycles. The number of pyridine rings is 1. The van der Waals surface area contributed by atoms with Crippen LogP contribution in [-0.2, 0) is 16.0 Å². The molecular formula is C63H76N2O3P+. The average Bonchev–Trinajstić information content (AvgIpc) is 3.38. The molecule has 6 heteroatoms. The van der Waals surface area contributed by atoms with Crippen molar-refractivity contribution in [1.82, 2.24) is 9.88 Å². The number of hydrogen-bond donors (Lipinski definition) is 0. The van der Waals surface area contributed by atoms with Gasteiger partial charge in [-0.2, -0.15) is 0 Å². The van der Waals surface area contributed by atoms with Crippen LogP contribution in [0.2, 0.25) is 0 Å². The van der Waals surface area contributed by atoms with Crippen molar-refractivity contribution in [1.29, 1.82) is 0 Å². The first-order valence-corrected chi connectivity index (χ1v) is 27.7. The predicted octanol–water partition coefficient (Wildman–Crippen LogP) is 14.6. The van der Waals surface area contributed by atoms with Crippen LogP contribution >= 0.6 is 7.26 Å². The van der Waals surface area contributed by atoms with Gasteiger partial charge >= 0.3 is 5.97 Å². The van der Waals surface area contributed by atoms with E-state index in [9.17, 15) is 4.79 Å². The molecule has 0 amide bonds. The van der Waals surface area contributed by atoms with Gasteiger partial charge in [0.2, 0.25) is 5.88 Å². The summed E-state index contributed by atoms with van der Waals surface area (Å²) in [6.07, 6.45) is 16.1. The van der Waals surface area contributed by atoms with Gasteiger partial charge in [0, 0.05) is 23.3 Å². The Morgan fingerprint density at radius 2 is 1.20 bits per heavy atom. The summed E-state index contributed by atoms with van der Waals surface area (Å²) in [6, 6.07) is 57.9. The molecule has 0 bridgehead atoms. The second-order valence-electron chi connectivity index (χ2n) is 19.4. The summed E-state index contributed by atoms with van der Waals surface area (Å²) in [5, 5.41) is 8.07. The molecule has 5 nitrogen and oxygen atoms in total. The fourth-order valence-corrected chi connectivity index (χ4v) is 14.9. The van der Waals surface area contributed by atoms with E-state index < -0.39 is 7.26 Å². The third-order valence-electron chi connectivity index (χ3n) is 14.0. The van der Waals surface area contributed by atoms with Gasteiger partial charge in [0.05, 0.1) is 25.4 Å². The van der Waals surface area contributed by atoms with Crippen LogP contribution < -0.4 is 20.7 Å². The topological polar surface area (TPSA) is 51.7 Å². The summed E-state index contributed by atoms with van der Waals surface area (Å²) in [5.41, 5.74) is 5.69. The fourth-order valence-electron chi connectivity index (χ4n) is 10.5. The molecule has 2 atom stereocenters. The Hall–Kier alpha value is -5.61. The van der Waals surface area contributed by atoms with Crippen LogP contribution in [0.15, 0.2) is 170 Å². The summed E-state index contributed by atoms with van der Waals surface area (Å²) < 4.78 is 11.7. The molecule has 0 N–H and O–H groups in total. The molecule has 1 unspecified atom stereocenters. The second-order valence-corrected chi connectivity index (χ2v) is 23.0. The lowest BCUT2D eigenvalue weighted by Crippen LogP contribution is -2.33. The van der Waals surface area contributed by atoms with Gasteiger partial charge in [-0.15, -0.1) is 0 Å². The van der Waals surface area contributed by atoms with E-state index in [2.05, 4.69) is 190 Å². The van der Waals surface area contributed by atoms with E-state index in [4.69, 9.17) is 14.5 Å². The lowest BCUT2D eigenvalue weighted by molar-refractivity contribution is -0.143. The van der Waals surface area contributed by atoms with Crippen molar-refractivity contribution >= 4 is 50.8 Å². The Balaban J connectivity index is 0.821. The number of carbonyl (C=O) groups excluding carboxylic acids is 1. The Morgan fingerprint density at radius 3 is 1.81 bits per heavy atom. The van der Waals surface area contributed by atoms with Gasteiger partial charge < -0.3 is 14.4 Å². The Bertz CT molecular complexity index is 2560. The molecule has 0 aliphatic carbocycles. The number of rotatable bonds is 28. The normalized spacial score (nSPS) is 12.6. The number of aromatic nitrogens is 1. The molecule has 1 aromatic heterocycles. The number of fused-ring (bicyclic) bond motifs is 2. The number of esters is 1. The first-order chi connectivity index (χ1) is 33.8. The van der Waals surface area contributed by atoms with E-state index in [1.54, 1.807) is 7.11 Å². The summed E-state index contributed by atoms with van der Waals surface area (Å²) in [6.45, 7) is 8.13. The zero-order valence-corrected chi connectivity index (χ0v) is 42.9. The molecule has 0 spiro atoms. The minimum absolute atomic E-state index is 0.0155. The minimum atomic E-state index is -1.74. The minimum Gasteiger partial charge on any atom is -0.481 e. The summed E-state index contributed by atoms with van der Waals surface area (Å²) in [5.74, 6) is 0.795. The van der Waals surface area contributed by atoms with E-state index in [-0.39, 0.29) is 17.8 Å².